The number of allylic oxidation sites excluding steroid dienone is 1. The maximum atomic E-state index is 13.1. The molecule has 2 aromatic rings. The monoisotopic (exact) mass is 485 g/mol. The number of benzene rings is 1. The molecule has 2 unspecified atom stereocenters. The van der Waals surface area contributed by atoms with E-state index >= 15 is 0 Å². The summed E-state index contributed by atoms with van der Waals surface area (Å²) in [4.78, 5) is 27.0. The minimum Gasteiger partial charge on any atom is -0.444 e. The number of carbonyl (C=O) groups excluding carboxylic acids is 2. The molecule has 34 heavy (non-hydrogen) atoms. The molecule has 8 heteroatoms. The van der Waals surface area contributed by atoms with Crippen molar-refractivity contribution in [1.82, 2.24) is 10.6 Å². The summed E-state index contributed by atoms with van der Waals surface area (Å²) in [6, 6.07) is 11.5. The van der Waals surface area contributed by atoms with Crippen molar-refractivity contribution in [2.45, 2.75) is 59.1 Å². The lowest BCUT2D eigenvalue weighted by molar-refractivity contribution is -0.530. The molecule has 5 N–H and O–H groups in total. The number of hydrogen-bond acceptors (Lipinski definition) is 5. The maximum Gasteiger partial charge on any atom is 0.407 e. The second-order valence-electron chi connectivity index (χ2n) is 9.27. The summed E-state index contributed by atoms with van der Waals surface area (Å²) in [7, 11) is 1.93. The van der Waals surface area contributed by atoms with E-state index in [0.29, 0.717) is 11.4 Å². The zero-order chi connectivity index (χ0) is 25.5. The fourth-order valence-electron chi connectivity index (χ4n) is 3.70. The molecule has 2 amide bonds. The molecule has 0 bridgehead atoms. The van der Waals surface area contributed by atoms with Gasteiger partial charge in [0.25, 0.3) is 5.91 Å². The fourth-order valence-corrected chi connectivity index (χ4v) is 4.64. The topological polar surface area (TPSA) is 108 Å². The molecule has 0 aliphatic carbocycles. The minimum atomic E-state index is -0.583. The predicted octanol–water partition coefficient (Wildman–Crippen LogP) is 4.06. The number of alkyl carbamates (subject to hydrolysis) is 1. The van der Waals surface area contributed by atoms with Crippen LogP contribution in [0, 0.1) is 12.3 Å². The van der Waals surface area contributed by atoms with Gasteiger partial charge < -0.3 is 26.1 Å². The van der Waals surface area contributed by atoms with Crippen molar-refractivity contribution in [2.75, 3.05) is 13.6 Å². The summed E-state index contributed by atoms with van der Waals surface area (Å²) in [6.45, 7) is 11.6. The molecule has 0 aliphatic rings. The van der Waals surface area contributed by atoms with Gasteiger partial charge in [0.15, 0.2) is 0 Å². The molecule has 0 saturated carbocycles. The summed E-state index contributed by atoms with van der Waals surface area (Å²) in [5, 5.41) is 15.5. The van der Waals surface area contributed by atoms with Crippen molar-refractivity contribution in [3.63, 3.8) is 0 Å². The van der Waals surface area contributed by atoms with E-state index in [1.807, 2.05) is 90.3 Å². The van der Waals surface area contributed by atoms with Crippen LogP contribution < -0.4 is 16.0 Å². The summed E-state index contributed by atoms with van der Waals surface area (Å²) < 4.78 is 5.37. The Morgan fingerprint density at radius 2 is 1.88 bits per heavy atom. The van der Waals surface area contributed by atoms with Crippen LogP contribution >= 0.6 is 11.3 Å². The molecule has 1 aromatic heterocycles. The van der Waals surface area contributed by atoms with Gasteiger partial charge in [0.05, 0.1) is 17.5 Å². The van der Waals surface area contributed by atoms with Crippen LogP contribution in [-0.4, -0.2) is 43.5 Å². The van der Waals surface area contributed by atoms with Gasteiger partial charge in [-0.3, -0.25) is 4.79 Å². The lowest BCUT2D eigenvalue weighted by Crippen LogP contribution is -2.76. The lowest BCUT2D eigenvalue weighted by Gasteiger charge is -2.27. The molecule has 0 spiro atoms. The quantitative estimate of drug-likeness (QED) is 0.402. The maximum absolute atomic E-state index is 13.1. The number of carbonyl (C=O) groups is 2. The van der Waals surface area contributed by atoms with E-state index in [1.54, 1.807) is 0 Å². The van der Waals surface area contributed by atoms with E-state index in [0.717, 1.165) is 27.3 Å². The Morgan fingerprint density at radius 1 is 1.24 bits per heavy atom. The van der Waals surface area contributed by atoms with E-state index in [-0.39, 0.29) is 17.9 Å². The van der Waals surface area contributed by atoms with Crippen molar-refractivity contribution in [3.05, 3.63) is 62.9 Å². The van der Waals surface area contributed by atoms with Crippen LogP contribution in [0.5, 0.6) is 0 Å². The number of thiophene rings is 1. The van der Waals surface area contributed by atoms with Crippen molar-refractivity contribution >= 4 is 35.2 Å². The lowest BCUT2D eigenvalue weighted by atomic mass is 9.92. The first kappa shape index (κ1) is 27.3. The molecule has 0 fully saturated rings. The Labute approximate surface area is 206 Å². The molecule has 0 radical (unpaired) electrons. The highest BCUT2D eigenvalue weighted by molar-refractivity contribution is 7.14. The van der Waals surface area contributed by atoms with Gasteiger partial charge >= 0.3 is 6.09 Å². The number of ether oxygens (including phenoxy) is 1. The van der Waals surface area contributed by atoms with Gasteiger partial charge in [-0.2, -0.15) is 0 Å². The summed E-state index contributed by atoms with van der Waals surface area (Å²) >= 11 is 1.44. The Hall–Kier alpha value is -2.97. The van der Waals surface area contributed by atoms with Gasteiger partial charge in [-0.25, -0.2) is 4.79 Å². The summed E-state index contributed by atoms with van der Waals surface area (Å²) in [6.07, 6.45) is 0.846. The minimum absolute atomic E-state index is 0.141. The molecule has 7 nitrogen and oxygen atoms in total. The molecule has 2 atom stereocenters. The summed E-state index contributed by atoms with van der Waals surface area (Å²) in [5.41, 5.74) is 3.21. The van der Waals surface area contributed by atoms with Gasteiger partial charge in [0, 0.05) is 35.2 Å². The van der Waals surface area contributed by atoms with Crippen LogP contribution in [0.1, 0.15) is 66.2 Å². The molecule has 2 rings (SSSR count). The predicted molar refractivity (Wildman–Crippen MR) is 139 cm³/mol. The van der Waals surface area contributed by atoms with Crippen LogP contribution in [0.2, 0.25) is 0 Å². The molecule has 184 valence electrons. The molecular weight excluding hydrogens is 448 g/mol. The first-order valence-electron chi connectivity index (χ1n) is 11.4. The van der Waals surface area contributed by atoms with E-state index in [9.17, 15) is 9.59 Å². The number of amides is 2. The van der Waals surface area contributed by atoms with Gasteiger partial charge in [0.2, 0.25) is 0 Å². The summed E-state index contributed by atoms with van der Waals surface area (Å²) in [5.74, 6) is -0.300. The van der Waals surface area contributed by atoms with Gasteiger partial charge in [-0.1, -0.05) is 30.3 Å². The largest absolute Gasteiger partial charge is 0.444 e. The van der Waals surface area contributed by atoms with E-state index in [1.165, 1.54) is 17.6 Å². The van der Waals surface area contributed by atoms with Crippen LogP contribution in [-0.2, 0) is 4.74 Å². The van der Waals surface area contributed by atoms with E-state index in [2.05, 4.69) is 10.6 Å². The van der Waals surface area contributed by atoms with Gasteiger partial charge in [-0.05, 0) is 53.2 Å². The highest BCUT2D eigenvalue weighted by Gasteiger charge is 2.25. The van der Waals surface area contributed by atoms with Crippen molar-refractivity contribution in [2.24, 2.45) is 0 Å². The molecule has 0 saturated heterocycles. The number of quaternary nitrogens is 1. The number of hydrogen-bond donors (Lipinski definition) is 4. The van der Waals surface area contributed by atoms with Gasteiger partial charge in [0.1, 0.15) is 11.3 Å². The average molecular weight is 486 g/mol. The SMILES string of the molecule is C[NH2+]C(=C(C)C=N)c1cc(C(=O)NC(C)C(CNC(=O)OC(C)(C)C)c2ccccc2)sc1C. The van der Waals surface area contributed by atoms with Crippen molar-refractivity contribution in [3.8, 4) is 0 Å². The van der Waals surface area contributed by atoms with Crippen LogP contribution in [0.15, 0.2) is 42.0 Å². The second-order valence-corrected chi connectivity index (χ2v) is 10.5. The van der Waals surface area contributed by atoms with E-state index < -0.39 is 11.7 Å². The van der Waals surface area contributed by atoms with Crippen LogP contribution in [0.4, 0.5) is 4.79 Å². The number of aryl methyl sites for hydroxylation is 1. The third-order valence-electron chi connectivity index (χ3n) is 5.42. The fraction of sp³-hybridized carbons (Fsp3) is 0.423. The van der Waals surface area contributed by atoms with Crippen LogP contribution in [0.25, 0.3) is 5.70 Å². The third kappa shape index (κ3) is 7.53. The third-order valence-corrected chi connectivity index (χ3v) is 6.47. The highest BCUT2D eigenvalue weighted by atomic mass is 32.1. The standard InChI is InChI=1S/C26H36N4O3S/c1-16(14-27)23(28-7)20-13-22(34-18(20)3)24(31)30-17(2)21(19-11-9-8-10-12-19)15-29-25(32)33-26(4,5)6/h8-14,17,21,27-28H,15H2,1-7H3,(H,29,32)(H,30,31)/p+1. The van der Waals surface area contributed by atoms with E-state index in [4.69, 9.17) is 10.1 Å². The zero-order valence-electron chi connectivity index (χ0n) is 21.1. The Balaban J connectivity index is 2.21. The van der Waals surface area contributed by atoms with Crippen molar-refractivity contribution < 1.29 is 19.6 Å². The average Bonchev–Trinajstić information content (AvgIpc) is 3.15. The van der Waals surface area contributed by atoms with Crippen LogP contribution in [0.3, 0.4) is 0 Å². The Bertz CT molecular complexity index is 1040. The molecular formula is C26H37N4O3S+. The van der Waals surface area contributed by atoms with Gasteiger partial charge in [-0.15, -0.1) is 11.3 Å². The Kier molecular flexibility index (Phi) is 9.58. The smallest absolute Gasteiger partial charge is 0.407 e. The molecule has 1 aromatic carbocycles. The number of rotatable bonds is 9. The number of nitrogens with one attached hydrogen (secondary N) is 3. The number of nitrogens with two attached hydrogens (primary N) is 1. The first-order valence-corrected chi connectivity index (χ1v) is 12.2. The molecule has 1 heterocycles. The first-order chi connectivity index (χ1) is 16.0. The zero-order valence-corrected chi connectivity index (χ0v) is 21.9. The highest BCUT2D eigenvalue weighted by Crippen LogP contribution is 2.27. The molecule has 0 aliphatic heterocycles. The Morgan fingerprint density at radius 3 is 2.44 bits per heavy atom. The second kappa shape index (κ2) is 11.9. The normalized spacial score (nSPS) is 14.0. The van der Waals surface area contributed by atoms with Crippen molar-refractivity contribution in [1.29, 1.82) is 5.41 Å².